The van der Waals surface area contributed by atoms with Gasteiger partial charge in [-0.05, 0) is 253 Å². The number of aromatic hydroxyl groups is 7. The van der Waals surface area contributed by atoms with E-state index in [0.29, 0.717) is 11.5 Å². The Hall–Kier alpha value is -11.0. The summed E-state index contributed by atoms with van der Waals surface area (Å²) in [6.07, 6.45) is 0. The second-order valence-corrected chi connectivity index (χ2v) is 30.6. The zero-order valence-corrected chi connectivity index (χ0v) is 63.3. The number of hydrogen-bond acceptors (Lipinski definition) is 7. The van der Waals surface area contributed by atoms with E-state index in [9.17, 15) is 48.9 Å². The third-order valence-corrected chi connectivity index (χ3v) is 22.6. The van der Waals surface area contributed by atoms with Crippen molar-refractivity contribution in [1.82, 2.24) is 0 Å². The molecule has 0 saturated heterocycles. The summed E-state index contributed by atoms with van der Waals surface area (Å²) >= 11 is 0. The van der Waals surface area contributed by atoms with Gasteiger partial charge in [0, 0.05) is 32.5 Å². The van der Waals surface area contributed by atoms with Crippen molar-refractivity contribution in [1.29, 1.82) is 0 Å². The van der Waals surface area contributed by atoms with Crippen LogP contribution >= 0.6 is 0 Å². The zero-order valence-electron chi connectivity index (χ0n) is 63.3. The smallest absolute Gasteiger partial charge is 0.165 e. The van der Waals surface area contributed by atoms with E-state index in [4.69, 9.17) is 0 Å². The number of phenolic OH excluding ortho intramolecular Hbond substituents is 7. The van der Waals surface area contributed by atoms with Crippen molar-refractivity contribution in [3.63, 3.8) is 0 Å². The highest BCUT2D eigenvalue weighted by atomic mass is 19.1. The summed E-state index contributed by atoms with van der Waals surface area (Å²) in [6.45, 7) is 34.7. The van der Waals surface area contributed by atoms with Gasteiger partial charge < -0.3 is 35.7 Å². The normalized spacial score (nSPS) is 13.0. The first kappa shape index (κ1) is 76.7. The fourth-order valence-corrected chi connectivity index (χ4v) is 14.5. The summed E-state index contributed by atoms with van der Waals surface area (Å²) in [5.41, 5.74) is 20.3. The Bertz CT molecular complexity index is 4950. The van der Waals surface area contributed by atoms with E-state index in [1.54, 1.807) is 36.4 Å². The molecule has 10 heteroatoms. The van der Waals surface area contributed by atoms with Crippen LogP contribution in [0.4, 0.5) is 13.2 Å². The quantitative estimate of drug-likeness (QED) is 0.0507. The van der Waals surface area contributed by atoms with Gasteiger partial charge >= 0.3 is 0 Å². The molecule has 0 aliphatic carbocycles. The minimum absolute atomic E-state index is 0.239. The fraction of sp³-hybridized carbons (Fsp3) is 0.242. The van der Waals surface area contributed by atoms with Gasteiger partial charge in [0.1, 0.15) is 23.0 Å². The molecule has 7 nitrogen and oxygen atoms in total. The van der Waals surface area contributed by atoms with Gasteiger partial charge in [0.05, 0.1) is 0 Å². The van der Waals surface area contributed by atoms with E-state index < -0.39 is 49.9 Å². The number of rotatable bonds is 15. The Morgan fingerprint density at radius 2 is 0.429 bits per heavy atom. The van der Waals surface area contributed by atoms with Crippen LogP contribution in [0.2, 0.25) is 0 Å². The molecule has 0 aliphatic heterocycles. The number of hydrogen-bond donors (Lipinski definition) is 7. The molecular weight excluding hydrogens is 1310 g/mol. The van der Waals surface area contributed by atoms with Crippen molar-refractivity contribution >= 4 is 0 Å². The van der Waals surface area contributed by atoms with Gasteiger partial charge in [0.25, 0.3) is 0 Å². The van der Waals surface area contributed by atoms with Crippen LogP contribution < -0.4 is 0 Å². The molecule has 2 unspecified atom stereocenters. The van der Waals surface area contributed by atoms with Crippen LogP contribution in [0.1, 0.15) is 190 Å². The van der Waals surface area contributed by atoms with Crippen LogP contribution in [0, 0.1) is 72.8 Å². The topological polar surface area (TPSA) is 142 Å². The van der Waals surface area contributed by atoms with Crippen LogP contribution in [0.15, 0.2) is 237 Å². The molecule has 0 fully saturated rings. The molecule has 0 aliphatic rings. The maximum absolute atomic E-state index is 14.1. The Morgan fingerprint density at radius 1 is 0.200 bits per heavy atom. The highest BCUT2D eigenvalue weighted by Crippen LogP contribution is 2.47. The Kier molecular flexibility index (Phi) is 21.6. The molecule has 2 atom stereocenters. The highest BCUT2D eigenvalue weighted by Gasteiger charge is 2.37. The zero-order chi connectivity index (χ0) is 76.6. The summed E-state index contributed by atoms with van der Waals surface area (Å²) in [5.74, 6) is -1.78. The lowest BCUT2D eigenvalue weighted by Crippen LogP contribution is -2.27. The SMILES string of the molecule is Cc1cc(C(C)(c2ccc(C(C)(C)c3ccc(O)c(F)c3)cc2)c2cc(C)c(O)c(C)c2)cc(C)c1O.Cc1ccc(C(C)(c2ccc(C(C)(C)c3ccc(O)c(F)c3)cc2)c2ccc(O)c(C)c2)cc1C.Cc1ccc(C(C)(c2ccc(O)cc2)c2ccc(C(C)(C)c3ccc(O)c(F)c3)cc2)cc1. The monoisotopic (exact) mass is 1410 g/mol. The average molecular weight is 1410 g/mol. The van der Waals surface area contributed by atoms with Crippen molar-refractivity contribution in [2.24, 2.45) is 0 Å². The largest absolute Gasteiger partial charge is 0.508 e. The van der Waals surface area contributed by atoms with Gasteiger partial charge in [-0.2, -0.15) is 0 Å². The summed E-state index contributed by atoms with van der Waals surface area (Å²) in [4.78, 5) is 0. The molecule has 12 aromatic rings. The maximum Gasteiger partial charge on any atom is 0.165 e. The Labute approximate surface area is 618 Å². The van der Waals surface area contributed by atoms with Crippen LogP contribution in [-0.2, 0) is 32.5 Å². The van der Waals surface area contributed by atoms with Gasteiger partial charge in [-0.15, -0.1) is 0 Å². The first-order valence-electron chi connectivity index (χ1n) is 35.5. The van der Waals surface area contributed by atoms with Gasteiger partial charge in [0.2, 0.25) is 0 Å². The average Bonchev–Trinajstić information content (AvgIpc) is 0.828. The fourth-order valence-electron chi connectivity index (χ4n) is 14.5. The minimum atomic E-state index is -0.633. The predicted octanol–water partition coefficient (Wildman–Crippen LogP) is 22.9. The number of phenols is 7. The highest BCUT2D eigenvalue weighted by molar-refractivity contribution is 5.60. The molecule has 0 heterocycles. The maximum atomic E-state index is 14.1. The molecule has 0 amide bonds. The summed E-state index contributed by atoms with van der Waals surface area (Å²) in [6, 6.07) is 75.3. The number of halogens is 3. The van der Waals surface area contributed by atoms with Gasteiger partial charge in [-0.25, -0.2) is 13.2 Å². The molecule has 0 bridgehead atoms. The Morgan fingerprint density at radius 3 is 0.733 bits per heavy atom. The van der Waals surface area contributed by atoms with Gasteiger partial charge in [-0.1, -0.05) is 229 Å². The number of benzene rings is 12. The van der Waals surface area contributed by atoms with Crippen molar-refractivity contribution in [2.75, 3.05) is 0 Å². The van der Waals surface area contributed by atoms with Gasteiger partial charge in [0.15, 0.2) is 34.7 Å². The van der Waals surface area contributed by atoms with E-state index in [1.165, 1.54) is 58.7 Å². The van der Waals surface area contributed by atoms with E-state index >= 15 is 0 Å². The number of aryl methyl sites for hydroxylation is 8. The van der Waals surface area contributed by atoms with E-state index in [0.717, 1.165) is 106 Å². The molecule has 0 saturated carbocycles. The second kappa shape index (κ2) is 29.6. The molecule has 12 aromatic carbocycles. The molecule has 0 spiro atoms. The van der Waals surface area contributed by atoms with Crippen molar-refractivity contribution in [3.05, 3.63) is 382 Å². The lowest BCUT2D eigenvalue weighted by molar-refractivity contribution is 0.430. The van der Waals surface area contributed by atoms with Crippen molar-refractivity contribution in [2.45, 2.75) is 150 Å². The van der Waals surface area contributed by atoms with E-state index in [2.05, 4.69) is 177 Å². The standard InChI is InChI=1S/C33H35FO3.C32H33FO2.C30H29FO2/c1-19-14-26(15-20(2)30(19)36)33(7,27-16-21(3)31(37)22(4)17-27)24-10-8-23(9-11-24)32(5,6)25-12-13-29(35)28(34)18-25;1-20-7-8-26(17-21(20)2)32(6,27-14-15-29(34)22(3)18-27)24-11-9-23(10-12-24)31(4,5)25-13-16-30(35)28(33)19-25;1-20-5-7-22(8-6-20)30(4,24-13-16-26(32)17-14-24)23-11-9-21(10-12-23)29(2,3)25-15-18-28(33)27(31)19-25/h8-18,35-37H,1-7H3;7-19,34-35H,1-6H3;5-19,32-33H,1-4H3. The van der Waals surface area contributed by atoms with Gasteiger partial charge in [-0.3, -0.25) is 0 Å². The molecule has 540 valence electrons. The summed E-state index contributed by atoms with van der Waals surface area (Å²) < 4.78 is 42.2. The molecule has 12 rings (SSSR count). The molecule has 7 N–H and O–H groups in total. The third-order valence-electron chi connectivity index (χ3n) is 22.6. The second-order valence-electron chi connectivity index (χ2n) is 30.6. The van der Waals surface area contributed by atoms with E-state index in [1.807, 2.05) is 105 Å². The molecule has 105 heavy (non-hydrogen) atoms. The van der Waals surface area contributed by atoms with Crippen LogP contribution in [0.25, 0.3) is 0 Å². The summed E-state index contributed by atoms with van der Waals surface area (Å²) in [7, 11) is 0. The van der Waals surface area contributed by atoms with Crippen LogP contribution in [0.3, 0.4) is 0 Å². The lowest BCUT2D eigenvalue weighted by Gasteiger charge is -2.34. The first-order chi connectivity index (χ1) is 49.3. The Balaban J connectivity index is 0.000000169. The minimum Gasteiger partial charge on any atom is -0.508 e. The molecule has 0 radical (unpaired) electrons. The van der Waals surface area contributed by atoms with Crippen molar-refractivity contribution in [3.8, 4) is 40.2 Å². The third kappa shape index (κ3) is 15.1. The molecule has 0 aromatic heterocycles. The molecular formula is C95H97F3O7. The predicted molar refractivity (Wildman–Crippen MR) is 420 cm³/mol. The lowest BCUT2D eigenvalue weighted by atomic mass is 9.69. The van der Waals surface area contributed by atoms with Crippen LogP contribution in [0.5, 0.6) is 40.2 Å². The van der Waals surface area contributed by atoms with E-state index in [-0.39, 0.29) is 28.7 Å². The van der Waals surface area contributed by atoms with Crippen LogP contribution in [-0.4, -0.2) is 35.7 Å². The van der Waals surface area contributed by atoms with Crippen molar-refractivity contribution < 1.29 is 48.9 Å². The first-order valence-corrected chi connectivity index (χ1v) is 35.5. The summed E-state index contributed by atoms with van der Waals surface area (Å²) in [5, 5.41) is 69.7.